The molecule has 0 spiro atoms. The van der Waals surface area contributed by atoms with Crippen molar-refractivity contribution in [2.45, 2.75) is 223 Å². The van der Waals surface area contributed by atoms with Gasteiger partial charge >= 0.3 is 0 Å². The van der Waals surface area contributed by atoms with E-state index in [4.69, 9.17) is 36.5 Å². The molecule has 0 aromatic rings. The first-order valence-electron chi connectivity index (χ1n) is 28.0. The summed E-state index contributed by atoms with van der Waals surface area (Å²) in [5, 5.41) is 80.5. The highest BCUT2D eigenvalue weighted by atomic mass is 16.5. The Morgan fingerprint density at radius 3 is 0.988 bits per heavy atom. The molecular weight excluding hydrogens is 1100 g/mol. The smallest absolute Gasteiger partial charge is 0.287 e. The molecule has 0 aromatic carbocycles. The van der Waals surface area contributed by atoms with Gasteiger partial charge < -0.3 is 68.5 Å². The fourth-order valence-electron chi connectivity index (χ4n) is 3.46. The Labute approximate surface area is 503 Å². The Hall–Kier alpha value is -5.35. The molecule has 0 heterocycles. The third-order valence-corrected chi connectivity index (χ3v) is 10.6. The maximum Gasteiger partial charge on any atom is 0.287 e. The summed E-state index contributed by atoms with van der Waals surface area (Å²) in [6, 6.07) is 0. The lowest BCUT2D eigenvalue weighted by Gasteiger charge is -2.23. The van der Waals surface area contributed by atoms with Gasteiger partial charge in [0.25, 0.3) is 11.8 Å². The summed E-state index contributed by atoms with van der Waals surface area (Å²) >= 11 is 0. The van der Waals surface area contributed by atoms with E-state index in [9.17, 15) is 63.0 Å². The summed E-state index contributed by atoms with van der Waals surface area (Å²) in [6.07, 6.45) is -2.36. The minimum atomic E-state index is -1.14. The Balaban J connectivity index is -0.0000000924. The fourth-order valence-corrected chi connectivity index (χ4v) is 3.46. The van der Waals surface area contributed by atoms with Gasteiger partial charge in [0.2, 0.25) is 41.1 Å². The predicted molar refractivity (Wildman–Crippen MR) is 326 cm³/mol. The first-order chi connectivity index (χ1) is 37.5. The van der Waals surface area contributed by atoms with Crippen molar-refractivity contribution in [3.8, 4) is 0 Å². The standard InChI is InChI=1S/C9H19NO3.C9H17NO3.C7H15NO2.C7H14O2.C6H13NO2.C5H11NO2.C5H9NO2.C5H10O.C4H9NO2.CH4/c2*1-4-7(11)5-10-9(13)8(12)6(2)3;1-5(2)7(10)8-4-6(3)9;1-5(2)7(4,9)6(3)8;1-5(2)6(9)7-3-4-8;2*1-3(2)4(7)5(6)8;1-4(2)5(3)6;1-3(2)4(6)5-7;/h6-8,11-12H,4-5H2,1-3H3,(H,10,13);6-7,11H,4-5H2,1-3H3,(H,10,13);5-6,9H,4H2,1-3H3,(H,8,10);5,9H,1-4H3;5,8H,3-4H2,1-2H3,(H,7,9);3-4,7H,1-2H3,(H2,6,8);3H,1-2H3,(H2,6,8);4H,1-3H3;3,7H,1-2H3,(H,5,6);1H4. The first kappa shape index (κ1) is 101. The van der Waals surface area contributed by atoms with Crippen LogP contribution in [0.5, 0.6) is 0 Å². The highest BCUT2D eigenvalue weighted by Gasteiger charge is 2.29. The lowest BCUT2D eigenvalue weighted by molar-refractivity contribution is -0.139. The monoisotopic (exact) mass is 1220 g/mol. The third-order valence-electron chi connectivity index (χ3n) is 10.6. The summed E-state index contributed by atoms with van der Waals surface area (Å²) in [5.74, 6) is -4.41. The van der Waals surface area contributed by atoms with Crippen molar-refractivity contribution in [1.82, 2.24) is 26.7 Å². The van der Waals surface area contributed by atoms with Gasteiger partial charge in [0, 0.05) is 61.7 Å². The lowest BCUT2D eigenvalue weighted by Crippen LogP contribution is -2.41. The number of carbonyl (C=O) groups excluding carboxylic acids is 11. The first-order valence-corrected chi connectivity index (χ1v) is 28.0. The summed E-state index contributed by atoms with van der Waals surface area (Å²) in [4.78, 5) is 116. The zero-order valence-corrected chi connectivity index (χ0v) is 54.8. The molecule has 0 aliphatic carbocycles. The Bertz CT molecular complexity index is 1790. The number of aliphatic hydroxyl groups excluding tert-OH is 6. The molecule has 6 unspecified atom stereocenters. The van der Waals surface area contributed by atoms with Crippen molar-refractivity contribution < 1.29 is 93.7 Å². The molecule has 0 aliphatic rings. The molecule has 0 bridgehead atoms. The summed E-state index contributed by atoms with van der Waals surface area (Å²) < 4.78 is 0. The van der Waals surface area contributed by atoms with E-state index < -0.39 is 71.3 Å². The molecule has 0 rings (SSSR count). The number of carbonyl (C=O) groups is 11. The highest BCUT2D eigenvalue weighted by Crippen LogP contribution is 2.16. The number of primary amides is 2. The number of ketones is 4. The number of amides is 7. The second-order valence-corrected chi connectivity index (χ2v) is 21.9. The van der Waals surface area contributed by atoms with E-state index in [0.717, 1.165) is 0 Å². The van der Waals surface area contributed by atoms with Crippen molar-refractivity contribution in [3.63, 3.8) is 0 Å². The molecule has 26 nitrogen and oxygen atoms in total. The van der Waals surface area contributed by atoms with Crippen molar-refractivity contribution >= 4 is 64.5 Å². The third kappa shape index (κ3) is 69.1. The van der Waals surface area contributed by atoms with Crippen LogP contribution >= 0.6 is 0 Å². The van der Waals surface area contributed by atoms with E-state index in [1.807, 2.05) is 62.3 Å². The number of Topliss-reactive ketones (excluding diaryl/α,β-unsaturated/α-hetero) is 4. The number of aliphatic hydroxyl groups is 7. The average Bonchev–Trinajstić information content (AvgIpc) is 3.39. The van der Waals surface area contributed by atoms with E-state index in [-0.39, 0.29) is 110 Å². The Morgan fingerprint density at radius 2 is 0.810 bits per heavy atom. The number of nitrogens with two attached hydrogens (primary N) is 2. The van der Waals surface area contributed by atoms with Crippen LogP contribution in [0.1, 0.15) is 186 Å². The highest BCUT2D eigenvalue weighted by molar-refractivity contribution is 6.37. The van der Waals surface area contributed by atoms with E-state index >= 15 is 0 Å². The number of rotatable bonds is 24. The van der Waals surface area contributed by atoms with Gasteiger partial charge in [-0.25, -0.2) is 5.48 Å². The van der Waals surface area contributed by atoms with Gasteiger partial charge in [-0.2, -0.15) is 0 Å². The molecule has 0 fully saturated rings. The second-order valence-electron chi connectivity index (χ2n) is 21.9. The van der Waals surface area contributed by atoms with Crippen LogP contribution in [-0.4, -0.2) is 174 Å². The summed E-state index contributed by atoms with van der Waals surface area (Å²) in [7, 11) is 0. The molecule has 0 radical (unpaired) electrons. The number of hydrogen-bond acceptors (Lipinski definition) is 19. The second kappa shape index (κ2) is 59.4. The van der Waals surface area contributed by atoms with Crippen LogP contribution in [0.4, 0.5) is 0 Å². The van der Waals surface area contributed by atoms with E-state index in [0.29, 0.717) is 25.9 Å². The van der Waals surface area contributed by atoms with Crippen LogP contribution in [0, 0.1) is 53.3 Å². The minimum absolute atomic E-state index is 0. The molecule has 0 aromatic heterocycles. The van der Waals surface area contributed by atoms with Crippen LogP contribution in [0.25, 0.3) is 0 Å². The van der Waals surface area contributed by atoms with Crippen molar-refractivity contribution in [2.24, 2.45) is 64.7 Å². The van der Waals surface area contributed by atoms with Crippen LogP contribution in [0.3, 0.4) is 0 Å². The van der Waals surface area contributed by atoms with Gasteiger partial charge in [-0.15, -0.1) is 0 Å². The van der Waals surface area contributed by atoms with Crippen LogP contribution in [-0.2, 0) is 52.7 Å². The number of hydroxylamine groups is 1. The molecule has 502 valence electrons. The van der Waals surface area contributed by atoms with Crippen molar-refractivity contribution in [3.05, 3.63) is 0 Å². The van der Waals surface area contributed by atoms with Crippen molar-refractivity contribution in [1.29, 1.82) is 0 Å². The van der Waals surface area contributed by atoms with Crippen molar-refractivity contribution in [2.75, 3.05) is 32.8 Å². The van der Waals surface area contributed by atoms with E-state index in [1.165, 1.54) is 12.4 Å². The molecule has 26 heteroatoms. The largest absolute Gasteiger partial charge is 0.395 e. The summed E-state index contributed by atoms with van der Waals surface area (Å²) in [5.41, 5.74) is 9.78. The van der Waals surface area contributed by atoms with Gasteiger partial charge in [0.1, 0.15) is 23.6 Å². The predicted octanol–water partition coefficient (Wildman–Crippen LogP) is 2.06. The molecular formula is C58H121N7O19. The Kier molecular flexibility index (Phi) is 71.1. The fraction of sp³-hybridized carbons (Fsp3) is 0.810. The average molecular weight is 1220 g/mol. The molecule has 0 saturated carbocycles. The number of hydrogen-bond donors (Lipinski definition) is 15. The molecule has 7 amide bonds. The Morgan fingerprint density at radius 1 is 0.476 bits per heavy atom. The van der Waals surface area contributed by atoms with Gasteiger partial charge in [-0.1, -0.05) is 146 Å². The zero-order chi connectivity index (χ0) is 68.4. The number of nitrogens with one attached hydrogen (secondary N) is 5. The maximum absolute atomic E-state index is 11.1. The van der Waals surface area contributed by atoms with Gasteiger partial charge in [-0.05, 0) is 58.3 Å². The van der Waals surface area contributed by atoms with Crippen LogP contribution in [0.15, 0.2) is 0 Å². The molecule has 0 saturated heterocycles. The molecule has 17 N–H and O–H groups in total. The summed E-state index contributed by atoms with van der Waals surface area (Å²) in [6.45, 7) is 42.6. The molecule has 84 heavy (non-hydrogen) atoms. The van der Waals surface area contributed by atoms with Gasteiger partial charge in [0.15, 0.2) is 5.78 Å². The normalized spacial score (nSPS) is 12.5. The molecule has 6 atom stereocenters. The van der Waals surface area contributed by atoms with E-state index in [1.54, 1.807) is 96.9 Å². The van der Waals surface area contributed by atoms with Crippen LogP contribution in [0.2, 0.25) is 0 Å². The minimum Gasteiger partial charge on any atom is -0.395 e. The zero-order valence-electron chi connectivity index (χ0n) is 54.8. The van der Waals surface area contributed by atoms with Gasteiger partial charge in [0.05, 0.1) is 24.9 Å². The SMILES string of the molecule is C.CC(=O)C(C)(O)C(C)C.CC(=O)C(C)C.CC(C)C(=O)C(N)=O.CC(C)C(=O)NCCO.CC(C)C(=O)NO.CC(C)C(O)C(N)=O.CC(O)CNC(=O)C(C)C.CCC(O)CNC(=O)C(=O)C(C)C.CCC(O)CNC(=O)C(O)C(C)C. The lowest BCUT2D eigenvalue weighted by atomic mass is 9.89. The quantitative estimate of drug-likeness (QED) is 0.0374. The maximum atomic E-state index is 11.1. The van der Waals surface area contributed by atoms with Gasteiger partial charge in [-0.3, -0.25) is 57.9 Å². The van der Waals surface area contributed by atoms with E-state index in [2.05, 4.69) is 27.0 Å². The molecule has 0 aliphatic heterocycles. The van der Waals surface area contributed by atoms with Crippen LogP contribution < -0.4 is 38.2 Å². The topological polar surface area (TPSA) is 462 Å².